The Labute approximate surface area is 176 Å². The second-order valence-electron chi connectivity index (χ2n) is 7.47. The topological polar surface area (TPSA) is 53.0 Å². The third kappa shape index (κ3) is 4.09. The molecule has 3 heterocycles. The van der Waals surface area contributed by atoms with E-state index >= 15 is 0 Å². The summed E-state index contributed by atoms with van der Waals surface area (Å²) in [5, 5.41) is 9.09. The molecule has 1 saturated heterocycles. The van der Waals surface area contributed by atoms with Gasteiger partial charge in [-0.1, -0.05) is 17.7 Å². The summed E-state index contributed by atoms with van der Waals surface area (Å²) in [6.45, 7) is 8.61. The first-order valence-electron chi connectivity index (χ1n) is 9.74. The number of aryl methyl sites for hydroxylation is 2. The van der Waals surface area contributed by atoms with Gasteiger partial charge in [-0.3, -0.25) is 9.47 Å². The van der Waals surface area contributed by atoms with Gasteiger partial charge in [-0.2, -0.15) is 5.26 Å². The van der Waals surface area contributed by atoms with Gasteiger partial charge in [0.25, 0.3) is 0 Å². The van der Waals surface area contributed by atoms with Crippen molar-refractivity contribution in [3.63, 3.8) is 0 Å². The van der Waals surface area contributed by atoms with E-state index in [9.17, 15) is 0 Å². The second-order valence-corrected chi connectivity index (χ2v) is 7.84. The quantitative estimate of drug-likeness (QED) is 0.621. The van der Waals surface area contributed by atoms with Crippen molar-refractivity contribution in [1.82, 2.24) is 19.0 Å². The average Bonchev–Trinajstić information content (AvgIpc) is 3.09. The number of nitrogens with zero attached hydrogens (tertiary/aromatic N) is 6. The van der Waals surface area contributed by atoms with Crippen LogP contribution in [0.25, 0.3) is 5.69 Å². The fourth-order valence-electron chi connectivity index (χ4n) is 3.77. The first kappa shape index (κ1) is 19.4. The minimum atomic E-state index is 0.650. The summed E-state index contributed by atoms with van der Waals surface area (Å²) < 4.78 is 5.01. The number of rotatable bonds is 4. The van der Waals surface area contributed by atoms with Gasteiger partial charge in [0.15, 0.2) is 4.77 Å². The van der Waals surface area contributed by atoms with Gasteiger partial charge >= 0.3 is 0 Å². The predicted molar refractivity (Wildman–Crippen MR) is 117 cm³/mol. The molecule has 0 aliphatic carbocycles. The van der Waals surface area contributed by atoms with E-state index in [2.05, 4.69) is 68.2 Å². The van der Waals surface area contributed by atoms with Crippen LogP contribution in [0.1, 0.15) is 16.7 Å². The van der Waals surface area contributed by atoms with Crippen LogP contribution in [0.3, 0.4) is 0 Å². The summed E-state index contributed by atoms with van der Waals surface area (Å²) in [5.41, 5.74) is 4.26. The molecule has 2 aromatic heterocycles. The molecule has 0 atom stereocenters. The van der Waals surface area contributed by atoms with E-state index in [0.29, 0.717) is 5.56 Å². The van der Waals surface area contributed by atoms with E-state index in [1.165, 1.54) is 11.1 Å². The van der Waals surface area contributed by atoms with Crippen molar-refractivity contribution >= 4 is 18.0 Å². The Hall–Kier alpha value is -2.95. The average molecular weight is 405 g/mol. The molecule has 4 rings (SSSR count). The highest BCUT2D eigenvalue weighted by Crippen LogP contribution is 2.18. The molecule has 0 amide bonds. The number of nitriles is 1. The standard InChI is InChI=1S/C22H24N6S/c1-17-3-4-20(18(2)13-17)28-12-11-27(22(28)29)16-25-7-9-26(10-8-25)21-14-19(15-23)5-6-24-21/h3-6,11-14H,7-10,16H2,1-2H3. The van der Waals surface area contributed by atoms with Gasteiger partial charge in [0.05, 0.1) is 24.0 Å². The molecule has 0 spiro atoms. The van der Waals surface area contributed by atoms with Crippen molar-refractivity contribution in [3.05, 3.63) is 70.4 Å². The SMILES string of the molecule is Cc1ccc(-n2ccn(CN3CCN(c4cc(C#N)ccn4)CC3)c2=S)c(C)c1. The summed E-state index contributed by atoms with van der Waals surface area (Å²) in [5.74, 6) is 0.876. The molecular formula is C22H24N6S. The van der Waals surface area contributed by atoms with Gasteiger partial charge in [0.1, 0.15) is 5.82 Å². The van der Waals surface area contributed by atoms with Gasteiger partial charge in [-0.15, -0.1) is 0 Å². The van der Waals surface area contributed by atoms with Crippen LogP contribution in [0, 0.1) is 29.9 Å². The number of anilines is 1. The highest BCUT2D eigenvalue weighted by atomic mass is 32.1. The third-order valence-electron chi connectivity index (χ3n) is 5.38. The van der Waals surface area contributed by atoms with Crippen molar-refractivity contribution < 1.29 is 0 Å². The molecule has 0 bridgehead atoms. The van der Waals surface area contributed by atoms with Crippen LogP contribution in [0.15, 0.2) is 48.9 Å². The Morgan fingerprint density at radius 3 is 2.59 bits per heavy atom. The highest BCUT2D eigenvalue weighted by Gasteiger charge is 2.19. The number of benzene rings is 1. The normalized spacial score (nSPS) is 14.7. The zero-order valence-corrected chi connectivity index (χ0v) is 17.6. The van der Waals surface area contributed by atoms with Gasteiger partial charge in [0, 0.05) is 44.8 Å². The lowest BCUT2D eigenvalue weighted by atomic mass is 10.1. The van der Waals surface area contributed by atoms with E-state index < -0.39 is 0 Å². The van der Waals surface area contributed by atoms with E-state index in [-0.39, 0.29) is 0 Å². The molecule has 1 aliphatic heterocycles. The van der Waals surface area contributed by atoms with Crippen LogP contribution >= 0.6 is 12.2 Å². The van der Waals surface area contributed by atoms with Crippen molar-refractivity contribution in [3.8, 4) is 11.8 Å². The second kappa shape index (κ2) is 8.19. The number of piperazine rings is 1. The van der Waals surface area contributed by atoms with E-state index in [1.807, 2.05) is 12.3 Å². The van der Waals surface area contributed by atoms with Crippen molar-refractivity contribution in [2.24, 2.45) is 0 Å². The molecule has 29 heavy (non-hydrogen) atoms. The zero-order valence-electron chi connectivity index (χ0n) is 16.7. The maximum atomic E-state index is 9.09. The molecule has 3 aromatic rings. The highest BCUT2D eigenvalue weighted by molar-refractivity contribution is 7.71. The zero-order chi connectivity index (χ0) is 20.4. The Bertz CT molecular complexity index is 1110. The van der Waals surface area contributed by atoms with Gasteiger partial charge in [-0.05, 0) is 49.8 Å². The first-order valence-corrected chi connectivity index (χ1v) is 10.1. The number of hydrogen-bond donors (Lipinski definition) is 0. The van der Waals surface area contributed by atoms with Crippen LogP contribution in [-0.4, -0.2) is 45.2 Å². The molecule has 1 aliphatic rings. The number of hydrogen-bond acceptors (Lipinski definition) is 5. The van der Waals surface area contributed by atoms with Crippen LogP contribution in [-0.2, 0) is 6.67 Å². The molecular weight excluding hydrogens is 380 g/mol. The van der Waals surface area contributed by atoms with Crippen molar-refractivity contribution in [2.45, 2.75) is 20.5 Å². The van der Waals surface area contributed by atoms with Crippen LogP contribution in [0.4, 0.5) is 5.82 Å². The molecule has 0 N–H and O–H groups in total. The smallest absolute Gasteiger partial charge is 0.185 e. The Kier molecular flexibility index (Phi) is 5.47. The van der Waals surface area contributed by atoms with Crippen molar-refractivity contribution in [1.29, 1.82) is 5.26 Å². The number of aromatic nitrogens is 3. The molecule has 0 saturated carbocycles. The molecule has 0 radical (unpaired) electrons. The van der Waals surface area contributed by atoms with Gasteiger partial charge in [0.2, 0.25) is 0 Å². The number of imidazole rings is 1. The van der Waals surface area contributed by atoms with Crippen LogP contribution in [0.5, 0.6) is 0 Å². The Morgan fingerprint density at radius 2 is 1.86 bits per heavy atom. The lowest BCUT2D eigenvalue weighted by Crippen LogP contribution is -2.47. The predicted octanol–water partition coefficient (Wildman–Crippen LogP) is 3.67. The summed E-state index contributed by atoms with van der Waals surface area (Å²) in [6.07, 6.45) is 5.81. The number of pyridine rings is 1. The maximum Gasteiger partial charge on any atom is 0.185 e. The molecule has 0 unspecified atom stereocenters. The maximum absolute atomic E-state index is 9.09. The Morgan fingerprint density at radius 1 is 1.07 bits per heavy atom. The lowest BCUT2D eigenvalue weighted by molar-refractivity contribution is 0.204. The summed E-state index contributed by atoms with van der Waals surface area (Å²) in [4.78, 5) is 9.05. The van der Waals surface area contributed by atoms with E-state index in [4.69, 9.17) is 17.5 Å². The third-order valence-corrected chi connectivity index (χ3v) is 5.81. The fraction of sp³-hybridized carbons (Fsp3) is 0.318. The summed E-state index contributed by atoms with van der Waals surface area (Å²) in [6, 6.07) is 12.2. The fourth-order valence-corrected chi connectivity index (χ4v) is 4.05. The molecule has 6 nitrogen and oxygen atoms in total. The lowest BCUT2D eigenvalue weighted by Gasteiger charge is -2.35. The van der Waals surface area contributed by atoms with E-state index in [0.717, 1.165) is 49.1 Å². The largest absolute Gasteiger partial charge is 0.354 e. The first-order chi connectivity index (χ1) is 14.0. The van der Waals surface area contributed by atoms with E-state index in [1.54, 1.807) is 12.3 Å². The van der Waals surface area contributed by atoms with Crippen LogP contribution < -0.4 is 4.90 Å². The molecule has 1 aromatic carbocycles. The Balaban J connectivity index is 1.43. The monoisotopic (exact) mass is 404 g/mol. The summed E-state index contributed by atoms with van der Waals surface area (Å²) >= 11 is 5.74. The van der Waals surface area contributed by atoms with Gasteiger partial charge in [-0.25, -0.2) is 4.98 Å². The van der Waals surface area contributed by atoms with Crippen molar-refractivity contribution in [2.75, 3.05) is 31.1 Å². The van der Waals surface area contributed by atoms with Gasteiger partial charge < -0.3 is 9.47 Å². The minimum Gasteiger partial charge on any atom is -0.354 e. The summed E-state index contributed by atoms with van der Waals surface area (Å²) in [7, 11) is 0. The minimum absolute atomic E-state index is 0.650. The molecule has 7 heteroatoms. The van der Waals surface area contributed by atoms with Crippen LogP contribution in [0.2, 0.25) is 0 Å². The molecule has 1 fully saturated rings. The molecule has 148 valence electrons.